The third-order valence-corrected chi connectivity index (χ3v) is 5.64. The third-order valence-electron chi connectivity index (χ3n) is 3.78. The number of nitriles is 1. The van der Waals surface area contributed by atoms with Gasteiger partial charge in [-0.3, -0.25) is 4.79 Å². The minimum atomic E-state index is -3.68. The van der Waals surface area contributed by atoms with Gasteiger partial charge >= 0.3 is 0 Å². The van der Waals surface area contributed by atoms with E-state index in [-0.39, 0.29) is 23.3 Å². The van der Waals surface area contributed by atoms with Gasteiger partial charge in [0.2, 0.25) is 15.9 Å². The molecule has 1 atom stereocenters. The van der Waals surface area contributed by atoms with Crippen LogP contribution in [0.15, 0.2) is 29.2 Å². The molecule has 0 radical (unpaired) electrons. The van der Waals surface area contributed by atoms with Crippen molar-refractivity contribution in [3.8, 4) is 6.07 Å². The molecule has 0 spiro atoms. The fraction of sp³-hybridized carbons (Fsp3) is 0.467. The van der Waals surface area contributed by atoms with E-state index in [0.29, 0.717) is 24.9 Å². The van der Waals surface area contributed by atoms with Crippen molar-refractivity contribution in [3.63, 3.8) is 0 Å². The van der Waals surface area contributed by atoms with Gasteiger partial charge in [-0.25, -0.2) is 8.42 Å². The van der Waals surface area contributed by atoms with Crippen LogP contribution in [-0.4, -0.2) is 50.7 Å². The number of amides is 1. The molecular weight excluding hydrogens is 302 g/mol. The van der Waals surface area contributed by atoms with Crippen molar-refractivity contribution in [1.82, 2.24) is 9.21 Å². The van der Waals surface area contributed by atoms with Gasteiger partial charge in [-0.05, 0) is 31.0 Å². The van der Waals surface area contributed by atoms with E-state index < -0.39 is 10.0 Å². The standard InChI is InChI=1S/C15H19N3O3S/c1-17(2)15(19)13-6-4-8-18(11-13)22(20,21)14-7-3-5-12(9-14)10-16/h3,5,7,9,13H,4,6,8,11H2,1-2H3/t13-/m0/s1. The van der Waals surface area contributed by atoms with Crippen molar-refractivity contribution in [1.29, 1.82) is 5.26 Å². The van der Waals surface area contributed by atoms with Crippen molar-refractivity contribution >= 4 is 15.9 Å². The van der Waals surface area contributed by atoms with E-state index in [2.05, 4.69) is 0 Å². The summed E-state index contributed by atoms with van der Waals surface area (Å²) in [5.74, 6) is -0.358. The lowest BCUT2D eigenvalue weighted by Crippen LogP contribution is -2.45. The molecule has 1 saturated heterocycles. The van der Waals surface area contributed by atoms with Crippen LogP contribution in [-0.2, 0) is 14.8 Å². The molecule has 6 nitrogen and oxygen atoms in total. The molecule has 0 N–H and O–H groups in total. The molecule has 0 saturated carbocycles. The number of carbonyl (C=O) groups excluding carboxylic acids is 1. The molecule has 2 rings (SSSR count). The van der Waals surface area contributed by atoms with Crippen LogP contribution in [0.25, 0.3) is 0 Å². The summed E-state index contributed by atoms with van der Waals surface area (Å²) in [5.41, 5.74) is 0.305. The molecule has 1 amide bonds. The van der Waals surface area contributed by atoms with Gasteiger partial charge in [0.25, 0.3) is 0 Å². The summed E-state index contributed by atoms with van der Waals surface area (Å²) in [6.45, 7) is 0.590. The van der Waals surface area contributed by atoms with Gasteiger partial charge in [0.1, 0.15) is 0 Å². The van der Waals surface area contributed by atoms with Crippen molar-refractivity contribution < 1.29 is 13.2 Å². The normalized spacial score (nSPS) is 19.4. The number of hydrogen-bond donors (Lipinski definition) is 0. The average molecular weight is 321 g/mol. The Balaban J connectivity index is 2.25. The molecule has 1 fully saturated rings. The maximum absolute atomic E-state index is 12.7. The van der Waals surface area contributed by atoms with Gasteiger partial charge in [-0.1, -0.05) is 6.07 Å². The predicted molar refractivity (Wildman–Crippen MR) is 81.3 cm³/mol. The second kappa shape index (κ2) is 6.46. The molecule has 7 heteroatoms. The molecule has 1 aliphatic heterocycles. The molecule has 0 aromatic heterocycles. The molecule has 0 bridgehead atoms. The van der Waals surface area contributed by atoms with E-state index in [4.69, 9.17) is 5.26 Å². The Morgan fingerprint density at radius 1 is 1.41 bits per heavy atom. The van der Waals surface area contributed by atoms with Gasteiger partial charge < -0.3 is 4.90 Å². The lowest BCUT2D eigenvalue weighted by molar-refractivity contribution is -0.134. The predicted octanol–water partition coefficient (Wildman–Crippen LogP) is 1.05. The maximum atomic E-state index is 12.7. The zero-order valence-corrected chi connectivity index (χ0v) is 13.5. The monoisotopic (exact) mass is 321 g/mol. The van der Waals surface area contributed by atoms with Gasteiger partial charge in [-0.2, -0.15) is 9.57 Å². The summed E-state index contributed by atoms with van der Waals surface area (Å²) < 4.78 is 26.7. The lowest BCUT2D eigenvalue weighted by atomic mass is 9.98. The highest BCUT2D eigenvalue weighted by atomic mass is 32.2. The highest BCUT2D eigenvalue weighted by Crippen LogP contribution is 2.25. The summed E-state index contributed by atoms with van der Waals surface area (Å²) in [4.78, 5) is 13.7. The van der Waals surface area contributed by atoms with E-state index in [0.717, 1.165) is 0 Å². The third kappa shape index (κ3) is 3.29. The van der Waals surface area contributed by atoms with Crippen LogP contribution in [0.2, 0.25) is 0 Å². The quantitative estimate of drug-likeness (QED) is 0.833. The van der Waals surface area contributed by atoms with Gasteiger partial charge in [-0.15, -0.1) is 0 Å². The van der Waals surface area contributed by atoms with Crippen LogP contribution in [0.3, 0.4) is 0 Å². The molecule has 1 aromatic carbocycles. The minimum absolute atomic E-state index is 0.0503. The average Bonchev–Trinajstić information content (AvgIpc) is 2.54. The van der Waals surface area contributed by atoms with Crippen LogP contribution in [0, 0.1) is 17.2 Å². The fourth-order valence-corrected chi connectivity index (χ4v) is 4.17. The Labute approximate surface area is 131 Å². The second-order valence-corrected chi connectivity index (χ2v) is 7.51. The lowest BCUT2D eigenvalue weighted by Gasteiger charge is -2.32. The Bertz CT molecular complexity index is 707. The van der Waals surface area contributed by atoms with Gasteiger partial charge in [0, 0.05) is 27.2 Å². The van der Waals surface area contributed by atoms with E-state index in [1.165, 1.54) is 21.3 Å². The first kappa shape index (κ1) is 16.5. The zero-order chi connectivity index (χ0) is 16.3. The summed E-state index contributed by atoms with van der Waals surface area (Å²) in [5, 5.41) is 8.91. The number of hydrogen-bond acceptors (Lipinski definition) is 4. The summed E-state index contributed by atoms with van der Waals surface area (Å²) >= 11 is 0. The summed E-state index contributed by atoms with van der Waals surface area (Å²) in [6, 6.07) is 7.90. The van der Waals surface area contributed by atoms with Gasteiger partial charge in [0.15, 0.2) is 0 Å². The largest absolute Gasteiger partial charge is 0.349 e. The first-order valence-electron chi connectivity index (χ1n) is 7.07. The molecule has 22 heavy (non-hydrogen) atoms. The Morgan fingerprint density at radius 2 is 2.14 bits per heavy atom. The Hall–Kier alpha value is -1.91. The minimum Gasteiger partial charge on any atom is -0.349 e. The van der Waals surface area contributed by atoms with Gasteiger partial charge in [0.05, 0.1) is 22.4 Å². The van der Waals surface area contributed by atoms with Crippen LogP contribution in [0.5, 0.6) is 0 Å². The van der Waals surface area contributed by atoms with E-state index in [1.54, 1.807) is 26.2 Å². The van der Waals surface area contributed by atoms with Crippen LogP contribution < -0.4 is 0 Å². The number of nitrogens with zero attached hydrogens (tertiary/aromatic N) is 3. The van der Waals surface area contributed by atoms with Crippen molar-refractivity contribution in [3.05, 3.63) is 29.8 Å². The number of benzene rings is 1. The molecule has 0 unspecified atom stereocenters. The first-order chi connectivity index (χ1) is 10.4. The number of piperidine rings is 1. The van der Waals surface area contributed by atoms with Crippen LogP contribution >= 0.6 is 0 Å². The molecule has 0 aliphatic carbocycles. The van der Waals surface area contributed by atoms with Crippen molar-refractivity contribution in [2.45, 2.75) is 17.7 Å². The highest BCUT2D eigenvalue weighted by Gasteiger charge is 2.33. The first-order valence-corrected chi connectivity index (χ1v) is 8.51. The Morgan fingerprint density at radius 3 is 2.77 bits per heavy atom. The molecule has 1 aliphatic rings. The number of sulfonamides is 1. The van der Waals surface area contributed by atoms with Crippen LogP contribution in [0.1, 0.15) is 18.4 Å². The Kier molecular flexibility index (Phi) is 4.84. The van der Waals surface area contributed by atoms with E-state index in [1.807, 2.05) is 6.07 Å². The molecule has 1 heterocycles. The zero-order valence-electron chi connectivity index (χ0n) is 12.7. The highest BCUT2D eigenvalue weighted by molar-refractivity contribution is 7.89. The molecule has 118 valence electrons. The fourth-order valence-electron chi connectivity index (χ4n) is 2.60. The molecular formula is C15H19N3O3S. The maximum Gasteiger partial charge on any atom is 0.243 e. The summed E-state index contributed by atoms with van der Waals surface area (Å²) in [7, 11) is -0.330. The SMILES string of the molecule is CN(C)C(=O)[C@H]1CCCN(S(=O)(=O)c2cccc(C#N)c2)C1. The second-order valence-electron chi connectivity index (χ2n) is 5.57. The van der Waals surface area contributed by atoms with Crippen molar-refractivity contribution in [2.75, 3.05) is 27.2 Å². The van der Waals surface area contributed by atoms with Crippen LogP contribution in [0.4, 0.5) is 0 Å². The summed E-state index contributed by atoms with van der Waals surface area (Å²) in [6.07, 6.45) is 1.35. The van der Waals surface area contributed by atoms with Crippen molar-refractivity contribution in [2.24, 2.45) is 5.92 Å². The number of carbonyl (C=O) groups is 1. The topological polar surface area (TPSA) is 81.5 Å². The van der Waals surface area contributed by atoms with E-state index in [9.17, 15) is 13.2 Å². The number of rotatable bonds is 3. The van der Waals surface area contributed by atoms with E-state index >= 15 is 0 Å². The smallest absolute Gasteiger partial charge is 0.243 e. The molecule has 1 aromatic rings.